The molecule has 15 heavy (non-hydrogen) atoms. The van der Waals surface area contributed by atoms with Crippen molar-refractivity contribution in [3.05, 3.63) is 34.9 Å². The predicted octanol–water partition coefficient (Wildman–Crippen LogP) is 2.00. The first-order chi connectivity index (χ1) is 7.01. The third-order valence-corrected chi connectivity index (χ3v) is 3.42. The molecule has 2 unspecified atom stereocenters. The Hall–Kier alpha value is -0.860. The number of rotatable bonds is 1. The van der Waals surface area contributed by atoms with Crippen molar-refractivity contribution in [1.29, 1.82) is 0 Å². The highest BCUT2D eigenvalue weighted by Crippen LogP contribution is 2.39. The van der Waals surface area contributed by atoms with Crippen LogP contribution in [0.1, 0.15) is 36.0 Å². The van der Waals surface area contributed by atoms with Crippen LogP contribution < -0.4 is 5.73 Å². The Morgan fingerprint density at radius 1 is 1.40 bits per heavy atom. The topological polar surface area (TPSA) is 46.2 Å². The van der Waals surface area contributed by atoms with Gasteiger partial charge in [-0.05, 0) is 44.2 Å². The Labute approximate surface area is 91.1 Å². The minimum absolute atomic E-state index is 0.148. The lowest BCUT2D eigenvalue weighted by Crippen LogP contribution is -2.26. The van der Waals surface area contributed by atoms with E-state index in [-0.39, 0.29) is 6.04 Å². The minimum atomic E-state index is -0.685. The molecule has 0 aromatic heterocycles. The maximum absolute atomic E-state index is 10.6. The fourth-order valence-corrected chi connectivity index (χ4v) is 2.54. The molecule has 0 saturated heterocycles. The normalized spacial score (nSPS) is 30.8. The van der Waals surface area contributed by atoms with Crippen LogP contribution in [0.25, 0.3) is 0 Å². The lowest BCUT2D eigenvalue weighted by molar-refractivity contribution is 0.0424. The molecule has 2 rings (SSSR count). The first-order valence-corrected chi connectivity index (χ1v) is 5.57. The molecule has 3 N–H and O–H groups in total. The Bertz CT molecular complexity index is 375. The van der Waals surface area contributed by atoms with Gasteiger partial charge >= 0.3 is 0 Å². The van der Waals surface area contributed by atoms with Gasteiger partial charge in [-0.15, -0.1) is 0 Å². The average molecular weight is 205 g/mol. The van der Waals surface area contributed by atoms with Crippen LogP contribution in [0, 0.1) is 13.8 Å². The van der Waals surface area contributed by atoms with Crippen molar-refractivity contribution in [3.8, 4) is 0 Å². The molecule has 1 aliphatic rings. The van der Waals surface area contributed by atoms with Gasteiger partial charge in [0.15, 0.2) is 0 Å². The first kappa shape index (κ1) is 10.7. The van der Waals surface area contributed by atoms with Crippen molar-refractivity contribution < 1.29 is 5.11 Å². The molecule has 1 saturated carbocycles. The van der Waals surface area contributed by atoms with Crippen LogP contribution in [0.3, 0.4) is 0 Å². The van der Waals surface area contributed by atoms with Crippen molar-refractivity contribution in [2.45, 2.75) is 44.8 Å². The molecule has 1 aromatic carbocycles. The summed E-state index contributed by atoms with van der Waals surface area (Å²) in [7, 11) is 0. The van der Waals surface area contributed by atoms with E-state index in [0.29, 0.717) is 6.42 Å². The van der Waals surface area contributed by atoms with E-state index in [1.54, 1.807) is 0 Å². The zero-order valence-corrected chi connectivity index (χ0v) is 9.46. The largest absolute Gasteiger partial charge is 0.385 e. The van der Waals surface area contributed by atoms with E-state index >= 15 is 0 Å². The van der Waals surface area contributed by atoms with E-state index in [0.717, 1.165) is 24.0 Å². The highest BCUT2D eigenvalue weighted by atomic mass is 16.3. The van der Waals surface area contributed by atoms with E-state index in [1.165, 1.54) is 5.56 Å². The first-order valence-electron chi connectivity index (χ1n) is 5.57. The van der Waals surface area contributed by atoms with Crippen molar-refractivity contribution in [3.63, 3.8) is 0 Å². The molecule has 2 nitrogen and oxygen atoms in total. The molecule has 1 aromatic rings. The van der Waals surface area contributed by atoms with Gasteiger partial charge in [-0.1, -0.05) is 23.8 Å². The molecule has 0 spiro atoms. The van der Waals surface area contributed by atoms with Gasteiger partial charge in [0.05, 0.1) is 5.60 Å². The number of nitrogens with two attached hydrogens (primary N) is 1. The van der Waals surface area contributed by atoms with Gasteiger partial charge in [0, 0.05) is 6.04 Å². The number of benzene rings is 1. The minimum Gasteiger partial charge on any atom is -0.385 e. The van der Waals surface area contributed by atoms with Crippen LogP contribution in [0.4, 0.5) is 0 Å². The second-order valence-electron chi connectivity index (χ2n) is 4.85. The number of hydrogen-bond acceptors (Lipinski definition) is 2. The summed E-state index contributed by atoms with van der Waals surface area (Å²) in [6.07, 6.45) is 2.40. The third kappa shape index (κ3) is 1.92. The van der Waals surface area contributed by atoms with Crippen molar-refractivity contribution in [2.75, 3.05) is 0 Å². The second kappa shape index (κ2) is 3.62. The number of aryl methyl sites for hydroxylation is 2. The summed E-state index contributed by atoms with van der Waals surface area (Å²) < 4.78 is 0. The lowest BCUT2D eigenvalue weighted by Gasteiger charge is -2.25. The van der Waals surface area contributed by atoms with E-state index in [9.17, 15) is 5.11 Å². The van der Waals surface area contributed by atoms with Crippen LogP contribution in [-0.4, -0.2) is 11.1 Å². The summed E-state index contributed by atoms with van der Waals surface area (Å²) in [6.45, 7) is 4.11. The van der Waals surface area contributed by atoms with Gasteiger partial charge in [-0.3, -0.25) is 0 Å². The van der Waals surface area contributed by atoms with E-state index in [2.05, 4.69) is 32.0 Å². The van der Waals surface area contributed by atoms with Crippen LogP contribution in [0.2, 0.25) is 0 Å². The molecule has 0 heterocycles. The Morgan fingerprint density at radius 3 is 2.73 bits per heavy atom. The molecule has 1 fully saturated rings. The van der Waals surface area contributed by atoms with Crippen molar-refractivity contribution >= 4 is 0 Å². The van der Waals surface area contributed by atoms with Gasteiger partial charge in [-0.25, -0.2) is 0 Å². The van der Waals surface area contributed by atoms with Gasteiger partial charge in [-0.2, -0.15) is 0 Å². The molecule has 2 atom stereocenters. The fourth-order valence-electron chi connectivity index (χ4n) is 2.54. The summed E-state index contributed by atoms with van der Waals surface area (Å²) in [5.74, 6) is 0. The SMILES string of the molecule is Cc1ccc(C)c(C2(O)CCC(N)C2)c1. The van der Waals surface area contributed by atoms with Gasteiger partial charge in [0.25, 0.3) is 0 Å². The quantitative estimate of drug-likeness (QED) is 0.736. The summed E-state index contributed by atoms with van der Waals surface area (Å²) in [4.78, 5) is 0. The smallest absolute Gasteiger partial charge is 0.0914 e. The maximum Gasteiger partial charge on any atom is 0.0914 e. The van der Waals surface area contributed by atoms with Crippen molar-refractivity contribution in [1.82, 2.24) is 0 Å². The molecule has 1 aliphatic carbocycles. The molecule has 0 bridgehead atoms. The van der Waals surface area contributed by atoms with Gasteiger partial charge < -0.3 is 10.8 Å². The van der Waals surface area contributed by atoms with Gasteiger partial charge in [0.2, 0.25) is 0 Å². The molecular weight excluding hydrogens is 186 g/mol. The maximum atomic E-state index is 10.6. The Kier molecular flexibility index (Phi) is 2.57. The number of hydrogen-bond donors (Lipinski definition) is 2. The zero-order chi connectivity index (χ0) is 11.1. The highest BCUT2D eigenvalue weighted by Gasteiger charge is 2.38. The van der Waals surface area contributed by atoms with E-state index in [4.69, 9.17) is 5.73 Å². The van der Waals surface area contributed by atoms with Crippen molar-refractivity contribution in [2.24, 2.45) is 5.73 Å². The van der Waals surface area contributed by atoms with Crippen LogP contribution in [-0.2, 0) is 5.60 Å². The van der Waals surface area contributed by atoms with Crippen LogP contribution in [0.5, 0.6) is 0 Å². The Balaban J connectivity index is 2.40. The van der Waals surface area contributed by atoms with E-state index < -0.39 is 5.60 Å². The summed E-state index contributed by atoms with van der Waals surface area (Å²) >= 11 is 0. The fraction of sp³-hybridized carbons (Fsp3) is 0.538. The molecule has 82 valence electrons. The van der Waals surface area contributed by atoms with Gasteiger partial charge in [0.1, 0.15) is 0 Å². The molecule has 0 radical (unpaired) electrons. The summed E-state index contributed by atoms with van der Waals surface area (Å²) in [6, 6.07) is 6.40. The summed E-state index contributed by atoms with van der Waals surface area (Å²) in [5.41, 5.74) is 8.62. The van der Waals surface area contributed by atoms with Crippen LogP contribution in [0.15, 0.2) is 18.2 Å². The highest BCUT2D eigenvalue weighted by molar-refractivity contribution is 5.35. The predicted molar refractivity (Wildman–Crippen MR) is 61.6 cm³/mol. The molecule has 0 amide bonds. The third-order valence-electron chi connectivity index (χ3n) is 3.42. The van der Waals surface area contributed by atoms with Crippen LogP contribution >= 0.6 is 0 Å². The molecule has 0 aliphatic heterocycles. The standard InChI is InChI=1S/C13H19NO/c1-9-3-4-10(2)12(7-9)13(15)6-5-11(14)8-13/h3-4,7,11,15H,5-6,8,14H2,1-2H3. The molecule has 2 heteroatoms. The monoisotopic (exact) mass is 205 g/mol. The Morgan fingerprint density at radius 2 is 2.13 bits per heavy atom. The second-order valence-corrected chi connectivity index (χ2v) is 4.85. The average Bonchev–Trinajstić information content (AvgIpc) is 2.52. The molecular formula is C13H19NO. The zero-order valence-electron chi connectivity index (χ0n) is 9.46. The number of aliphatic hydroxyl groups is 1. The van der Waals surface area contributed by atoms with E-state index in [1.807, 2.05) is 0 Å². The lowest BCUT2D eigenvalue weighted by atomic mass is 9.87. The summed E-state index contributed by atoms with van der Waals surface area (Å²) in [5, 5.41) is 10.6.